The number of benzene rings is 1. The number of imide groups is 1. The number of hydrogen-bond donors (Lipinski definition) is 1. The summed E-state index contributed by atoms with van der Waals surface area (Å²) in [5, 5.41) is 5.05. The first-order valence-electron chi connectivity index (χ1n) is 9.27. The van der Waals surface area contributed by atoms with Crippen LogP contribution in [0.5, 0.6) is 0 Å². The average molecular weight is 395 g/mol. The van der Waals surface area contributed by atoms with Gasteiger partial charge in [-0.05, 0) is 43.9 Å². The summed E-state index contributed by atoms with van der Waals surface area (Å²) < 4.78 is 0. The van der Waals surface area contributed by atoms with Crippen molar-refractivity contribution in [2.24, 2.45) is 11.8 Å². The van der Waals surface area contributed by atoms with Crippen molar-refractivity contribution in [3.8, 4) is 11.3 Å². The van der Waals surface area contributed by atoms with Gasteiger partial charge in [-0.3, -0.25) is 19.3 Å². The molecule has 1 aliphatic heterocycles. The standard InChI is InChI=1S/C21H21N3O3S/c1-12-7-8-14(9-13(12)2)17-11-28-21(22-17)23-18(25)10-24-19(26)15-5-3-4-6-16(15)20(24)27/h3-4,7-9,11,15-16H,5-6,10H2,1-2H3,(H,22,23,25)/t15-,16-/m0/s1. The van der Waals surface area contributed by atoms with E-state index in [0.29, 0.717) is 18.0 Å². The molecule has 1 aromatic heterocycles. The number of likely N-dealkylation sites (tertiary alicyclic amines) is 1. The molecule has 0 bridgehead atoms. The molecule has 2 heterocycles. The number of amides is 3. The molecule has 144 valence electrons. The summed E-state index contributed by atoms with van der Waals surface area (Å²) in [5.41, 5.74) is 4.16. The van der Waals surface area contributed by atoms with Crippen molar-refractivity contribution in [2.75, 3.05) is 11.9 Å². The average Bonchev–Trinajstić information content (AvgIpc) is 3.23. The van der Waals surface area contributed by atoms with Crippen LogP contribution in [0.3, 0.4) is 0 Å². The van der Waals surface area contributed by atoms with Gasteiger partial charge in [-0.1, -0.05) is 24.3 Å². The summed E-state index contributed by atoms with van der Waals surface area (Å²) in [7, 11) is 0. The minimum atomic E-state index is -0.408. The first kappa shape index (κ1) is 18.6. The van der Waals surface area contributed by atoms with Gasteiger partial charge < -0.3 is 5.32 Å². The number of rotatable bonds is 4. The Morgan fingerprint density at radius 1 is 1.14 bits per heavy atom. The van der Waals surface area contributed by atoms with Crippen molar-refractivity contribution in [3.63, 3.8) is 0 Å². The van der Waals surface area contributed by atoms with Crippen molar-refractivity contribution in [2.45, 2.75) is 26.7 Å². The van der Waals surface area contributed by atoms with E-state index in [0.717, 1.165) is 16.2 Å². The molecule has 0 unspecified atom stereocenters. The van der Waals surface area contributed by atoms with Crippen molar-refractivity contribution < 1.29 is 14.4 Å². The number of nitrogens with zero attached hydrogens (tertiary/aromatic N) is 2. The molecular weight excluding hydrogens is 374 g/mol. The van der Waals surface area contributed by atoms with E-state index in [1.165, 1.54) is 22.5 Å². The van der Waals surface area contributed by atoms with Crippen LogP contribution in [0.15, 0.2) is 35.7 Å². The van der Waals surface area contributed by atoms with Gasteiger partial charge in [0, 0.05) is 10.9 Å². The minimum absolute atomic E-state index is 0.246. The molecule has 2 aliphatic rings. The van der Waals surface area contributed by atoms with E-state index < -0.39 is 5.91 Å². The van der Waals surface area contributed by atoms with Crippen LogP contribution in [0, 0.1) is 25.7 Å². The number of anilines is 1. The number of carbonyl (C=O) groups excluding carboxylic acids is 3. The molecule has 3 amide bonds. The number of allylic oxidation sites excluding steroid dienone is 2. The van der Waals surface area contributed by atoms with Crippen LogP contribution in [0.2, 0.25) is 0 Å². The second-order valence-electron chi connectivity index (χ2n) is 7.30. The highest BCUT2D eigenvalue weighted by Gasteiger charge is 2.47. The Balaban J connectivity index is 1.42. The molecule has 0 saturated carbocycles. The molecule has 2 aromatic rings. The van der Waals surface area contributed by atoms with Crippen LogP contribution in [-0.2, 0) is 14.4 Å². The Labute approximate surface area is 167 Å². The highest BCUT2D eigenvalue weighted by atomic mass is 32.1. The molecule has 1 aromatic carbocycles. The topological polar surface area (TPSA) is 79.4 Å². The number of fused-ring (bicyclic) bond motifs is 1. The van der Waals surface area contributed by atoms with Gasteiger partial charge in [0.05, 0.1) is 17.5 Å². The molecule has 0 radical (unpaired) electrons. The molecule has 7 heteroatoms. The normalized spacial score (nSPS) is 21.1. The van der Waals surface area contributed by atoms with Gasteiger partial charge in [0.1, 0.15) is 6.54 Å². The SMILES string of the molecule is Cc1ccc(-c2csc(NC(=O)CN3C(=O)[C@H]4CC=CC[C@@H]4C3=O)n2)cc1C. The minimum Gasteiger partial charge on any atom is -0.300 e. The van der Waals surface area contributed by atoms with Crippen LogP contribution in [0.1, 0.15) is 24.0 Å². The Kier molecular flexibility index (Phi) is 4.85. The highest BCUT2D eigenvalue weighted by Crippen LogP contribution is 2.35. The van der Waals surface area contributed by atoms with Gasteiger partial charge in [0.25, 0.3) is 0 Å². The van der Waals surface area contributed by atoms with Crippen molar-refractivity contribution >= 4 is 34.2 Å². The van der Waals surface area contributed by atoms with E-state index in [2.05, 4.69) is 23.3 Å². The molecular formula is C21H21N3O3S. The monoisotopic (exact) mass is 395 g/mol. The predicted molar refractivity (Wildman–Crippen MR) is 108 cm³/mol. The number of carbonyl (C=O) groups is 3. The van der Waals surface area contributed by atoms with Gasteiger partial charge in [-0.25, -0.2) is 4.98 Å². The van der Waals surface area contributed by atoms with E-state index in [4.69, 9.17) is 0 Å². The van der Waals surface area contributed by atoms with E-state index in [1.807, 2.05) is 36.6 Å². The molecule has 2 atom stereocenters. The lowest BCUT2D eigenvalue weighted by Crippen LogP contribution is -2.38. The summed E-state index contributed by atoms with van der Waals surface area (Å²) in [5.74, 6) is -1.54. The zero-order valence-corrected chi connectivity index (χ0v) is 16.6. The van der Waals surface area contributed by atoms with Crippen molar-refractivity contribution in [1.82, 2.24) is 9.88 Å². The molecule has 1 saturated heterocycles. The quantitative estimate of drug-likeness (QED) is 0.636. The fourth-order valence-electron chi connectivity index (χ4n) is 3.69. The van der Waals surface area contributed by atoms with E-state index >= 15 is 0 Å². The van der Waals surface area contributed by atoms with Gasteiger partial charge >= 0.3 is 0 Å². The summed E-state index contributed by atoms with van der Waals surface area (Å²) in [6.45, 7) is 3.84. The van der Waals surface area contributed by atoms with Crippen LogP contribution in [0.25, 0.3) is 11.3 Å². The molecule has 6 nitrogen and oxygen atoms in total. The highest BCUT2D eigenvalue weighted by molar-refractivity contribution is 7.14. The lowest BCUT2D eigenvalue weighted by atomic mass is 9.85. The van der Waals surface area contributed by atoms with Gasteiger partial charge in [0.2, 0.25) is 17.7 Å². The van der Waals surface area contributed by atoms with Gasteiger partial charge in [-0.15, -0.1) is 11.3 Å². The smallest absolute Gasteiger partial charge is 0.246 e. The Hall–Kier alpha value is -2.80. The fourth-order valence-corrected chi connectivity index (χ4v) is 4.43. The van der Waals surface area contributed by atoms with E-state index in [9.17, 15) is 14.4 Å². The van der Waals surface area contributed by atoms with Crippen molar-refractivity contribution in [3.05, 3.63) is 46.9 Å². The molecule has 28 heavy (non-hydrogen) atoms. The number of nitrogens with one attached hydrogen (secondary N) is 1. The largest absolute Gasteiger partial charge is 0.300 e. The van der Waals surface area contributed by atoms with Crippen LogP contribution in [-0.4, -0.2) is 34.2 Å². The van der Waals surface area contributed by atoms with Gasteiger partial charge in [-0.2, -0.15) is 0 Å². The van der Waals surface area contributed by atoms with Crippen LogP contribution in [0.4, 0.5) is 5.13 Å². The number of aromatic nitrogens is 1. The van der Waals surface area contributed by atoms with Crippen LogP contribution < -0.4 is 5.32 Å². The Morgan fingerprint density at radius 2 is 1.82 bits per heavy atom. The van der Waals surface area contributed by atoms with E-state index in [-0.39, 0.29) is 30.2 Å². The Morgan fingerprint density at radius 3 is 2.46 bits per heavy atom. The predicted octanol–water partition coefficient (Wildman–Crippen LogP) is 3.32. The Bertz CT molecular complexity index is 969. The third-order valence-electron chi connectivity index (χ3n) is 5.45. The summed E-state index contributed by atoms with van der Waals surface area (Å²) >= 11 is 1.32. The number of hydrogen-bond acceptors (Lipinski definition) is 5. The first-order valence-corrected chi connectivity index (χ1v) is 10.1. The third-order valence-corrected chi connectivity index (χ3v) is 6.21. The second-order valence-corrected chi connectivity index (χ2v) is 8.16. The maximum Gasteiger partial charge on any atom is 0.246 e. The summed E-state index contributed by atoms with van der Waals surface area (Å²) in [4.78, 5) is 42.9. The molecule has 1 aliphatic carbocycles. The van der Waals surface area contributed by atoms with Crippen molar-refractivity contribution in [1.29, 1.82) is 0 Å². The maximum atomic E-state index is 12.5. The molecule has 0 spiro atoms. The van der Waals surface area contributed by atoms with Crippen LogP contribution >= 0.6 is 11.3 Å². The maximum absolute atomic E-state index is 12.5. The lowest BCUT2D eigenvalue weighted by molar-refractivity contribution is -0.142. The third kappa shape index (κ3) is 3.38. The zero-order valence-electron chi connectivity index (χ0n) is 15.8. The summed E-state index contributed by atoms with van der Waals surface area (Å²) in [6.07, 6.45) is 5.00. The van der Waals surface area contributed by atoms with E-state index in [1.54, 1.807) is 0 Å². The molecule has 1 fully saturated rings. The second kappa shape index (κ2) is 7.31. The van der Waals surface area contributed by atoms with Gasteiger partial charge in [0.15, 0.2) is 5.13 Å². The zero-order chi connectivity index (χ0) is 19.8. The lowest BCUT2D eigenvalue weighted by Gasteiger charge is -2.14. The number of aryl methyl sites for hydroxylation is 2. The fraction of sp³-hybridized carbons (Fsp3) is 0.333. The number of thiazole rings is 1. The molecule has 4 rings (SSSR count). The molecule has 1 N–H and O–H groups in total. The first-order chi connectivity index (χ1) is 13.4. The summed E-state index contributed by atoms with van der Waals surface area (Å²) in [6, 6.07) is 6.11.